The fraction of sp³-hybridized carbons (Fsp3) is 0.0645. The summed E-state index contributed by atoms with van der Waals surface area (Å²) in [5.74, 6) is -0.394. The van der Waals surface area contributed by atoms with Crippen molar-refractivity contribution in [3.8, 4) is 17.2 Å². The zero-order valence-corrected chi connectivity index (χ0v) is 30.9. The van der Waals surface area contributed by atoms with Gasteiger partial charge in [0.05, 0.1) is 31.2 Å². The van der Waals surface area contributed by atoms with Gasteiger partial charge in [-0.15, -0.1) is 24.8 Å². The van der Waals surface area contributed by atoms with Gasteiger partial charge in [0.15, 0.2) is 5.75 Å². The van der Waals surface area contributed by atoms with Gasteiger partial charge in [0.2, 0.25) is 17.8 Å². The molecule has 56 heavy (non-hydrogen) atoms. The maximum absolute atomic E-state index is 12.5. The van der Waals surface area contributed by atoms with Gasteiger partial charge in [-0.05, 0) is 41.8 Å². The molecule has 6 rings (SSSR count). The first-order valence-electron chi connectivity index (χ1n) is 15.2. The molecule has 0 saturated heterocycles. The highest BCUT2D eigenvalue weighted by Gasteiger charge is 2.24. The van der Waals surface area contributed by atoms with Gasteiger partial charge >= 0.3 is 0 Å². The fourth-order valence-electron chi connectivity index (χ4n) is 5.33. The lowest BCUT2D eigenvalue weighted by atomic mass is 10.1. The zero-order valence-electron chi connectivity index (χ0n) is 28.4. The zero-order chi connectivity index (χ0) is 40.4. The molecule has 290 valence electrons. The van der Waals surface area contributed by atoms with Crippen LogP contribution in [-0.4, -0.2) is 65.5 Å². The van der Waals surface area contributed by atoms with Crippen LogP contribution in [0.1, 0.15) is 0 Å². The van der Waals surface area contributed by atoms with Gasteiger partial charge in [0.25, 0.3) is 20.2 Å². The van der Waals surface area contributed by atoms with E-state index in [9.17, 15) is 31.0 Å². The number of hydrogen-bond donors (Lipinski definition) is 7. The molecule has 0 spiro atoms. The van der Waals surface area contributed by atoms with Crippen molar-refractivity contribution in [1.82, 2.24) is 15.0 Å². The Morgan fingerprint density at radius 2 is 1.36 bits per heavy atom. The molecule has 0 aliphatic rings. The number of nitrogens with one attached hydrogen (secondary N) is 1. The van der Waals surface area contributed by atoms with Crippen LogP contribution < -0.4 is 26.3 Å². The van der Waals surface area contributed by atoms with Crippen molar-refractivity contribution in [3.05, 3.63) is 66.7 Å². The molecule has 9 N–H and O–H groups in total. The van der Waals surface area contributed by atoms with E-state index < -0.39 is 30.0 Å². The molecule has 5 aromatic carbocycles. The van der Waals surface area contributed by atoms with Gasteiger partial charge in [-0.1, -0.05) is 23.2 Å². The third-order valence-corrected chi connectivity index (χ3v) is 10.1. The molecule has 0 fully saturated rings. The first-order chi connectivity index (χ1) is 26.6. The van der Waals surface area contributed by atoms with Crippen molar-refractivity contribution in [3.63, 3.8) is 0 Å². The number of hydrogen-bond acceptors (Lipinski definition) is 21. The predicted octanol–water partition coefficient (Wildman–Crippen LogP) is 6.56. The second-order valence-corrected chi connectivity index (χ2v) is 14.5. The smallest absolute Gasteiger partial charge is 0.297 e. The molecule has 25 heteroatoms. The number of nitrogens with zero attached hydrogens (tertiary/aromatic N) is 7. The Bertz CT molecular complexity index is 2790. The quantitative estimate of drug-likeness (QED) is 0.0213. The Balaban J connectivity index is 1.38. The van der Waals surface area contributed by atoms with Gasteiger partial charge < -0.3 is 31.4 Å². The van der Waals surface area contributed by atoms with E-state index in [4.69, 9.17) is 26.2 Å². The molecule has 0 atom stereocenters. The summed E-state index contributed by atoms with van der Waals surface area (Å²) in [6.07, 6.45) is 0. The van der Waals surface area contributed by atoms with Gasteiger partial charge in [-0.2, -0.15) is 31.8 Å². The van der Waals surface area contributed by atoms with Crippen LogP contribution in [0.4, 0.5) is 46.3 Å². The maximum Gasteiger partial charge on any atom is 0.297 e. The predicted molar refractivity (Wildman–Crippen MR) is 200 cm³/mol. The fourth-order valence-corrected chi connectivity index (χ4v) is 7.36. The summed E-state index contributed by atoms with van der Waals surface area (Å²) in [7, 11) is -7.19. The van der Waals surface area contributed by atoms with E-state index in [2.05, 4.69) is 50.1 Å². The summed E-state index contributed by atoms with van der Waals surface area (Å²) in [5.41, 5.74) is 11.3. The van der Waals surface area contributed by atoms with Crippen LogP contribution >= 0.6 is 12.0 Å². The lowest BCUT2D eigenvalue weighted by Crippen LogP contribution is -2.06. The summed E-state index contributed by atoms with van der Waals surface area (Å²) in [6.45, 7) is 0. The Kier molecular flexibility index (Phi) is 11.1. The Morgan fingerprint density at radius 1 is 0.732 bits per heavy atom. The van der Waals surface area contributed by atoms with Crippen LogP contribution in [0, 0.1) is 0 Å². The third-order valence-electron chi connectivity index (χ3n) is 7.62. The van der Waals surface area contributed by atoms with Crippen molar-refractivity contribution in [2.75, 3.05) is 31.0 Å². The summed E-state index contributed by atoms with van der Waals surface area (Å²) < 4.78 is 84.1. The van der Waals surface area contributed by atoms with Crippen molar-refractivity contribution >= 4 is 100 Å². The van der Waals surface area contributed by atoms with Crippen LogP contribution in [0.15, 0.2) is 102 Å². The number of phenols is 1. The van der Waals surface area contributed by atoms with E-state index in [0.717, 1.165) is 12.1 Å². The number of nitrogens with two attached hydrogens (primary N) is 2. The van der Waals surface area contributed by atoms with E-state index >= 15 is 0 Å². The van der Waals surface area contributed by atoms with Gasteiger partial charge in [0.1, 0.15) is 44.0 Å². The molecule has 0 aliphatic carbocycles. The number of methoxy groups -OCH3 is 2. The first-order valence-corrected chi connectivity index (χ1v) is 18.8. The molecule has 0 unspecified atom stereocenters. The van der Waals surface area contributed by atoms with Crippen molar-refractivity contribution in [2.24, 2.45) is 20.5 Å². The van der Waals surface area contributed by atoms with Crippen LogP contribution in [-0.2, 0) is 29.6 Å². The molecule has 0 aliphatic heterocycles. The first kappa shape index (κ1) is 39.4. The monoisotopic (exact) mass is 826 g/mol. The van der Waals surface area contributed by atoms with Crippen molar-refractivity contribution in [1.29, 1.82) is 0 Å². The van der Waals surface area contributed by atoms with E-state index in [0.29, 0.717) is 28.5 Å². The number of ether oxygens (including phenoxy) is 2. The molecule has 0 saturated carbocycles. The summed E-state index contributed by atoms with van der Waals surface area (Å²) in [4.78, 5) is 10.4. The summed E-state index contributed by atoms with van der Waals surface area (Å²) in [5, 5.41) is 43.7. The number of fused-ring (bicyclic) bond motifs is 2. The number of azo groups is 2. The lowest BCUT2D eigenvalue weighted by Gasteiger charge is -2.12. The molecular formula is C31H26N10O12S3. The largest absolute Gasteiger partial charge is 0.505 e. The van der Waals surface area contributed by atoms with E-state index in [1.165, 1.54) is 44.6 Å². The second kappa shape index (κ2) is 15.8. The molecule has 22 nitrogen and oxygen atoms in total. The Morgan fingerprint density at radius 3 is 1.96 bits per heavy atom. The highest BCUT2D eigenvalue weighted by Crippen LogP contribution is 2.47. The number of aromatic hydroxyl groups is 1. The van der Waals surface area contributed by atoms with Crippen LogP contribution in [0.2, 0.25) is 0 Å². The van der Waals surface area contributed by atoms with Gasteiger partial charge in [-0.25, -0.2) is 5.26 Å². The van der Waals surface area contributed by atoms with Crippen molar-refractivity contribution < 1.29 is 55.2 Å². The number of aromatic nitrogens is 3. The molecule has 0 bridgehead atoms. The topological polar surface area (TPSA) is 338 Å². The van der Waals surface area contributed by atoms with Crippen LogP contribution in [0.3, 0.4) is 0 Å². The van der Waals surface area contributed by atoms with E-state index in [1.807, 2.05) is 0 Å². The molecule has 6 aromatic rings. The normalized spacial score (nSPS) is 12.2. The Labute approximate surface area is 319 Å². The summed E-state index contributed by atoms with van der Waals surface area (Å²) in [6, 6.07) is 14.8. The molecule has 1 heterocycles. The molecule has 1 aromatic heterocycles. The minimum absolute atomic E-state index is 0.0124. The molecule has 0 radical (unpaired) electrons. The minimum atomic E-state index is -5.03. The SMILES string of the molecule is COc1cc(N=Nc2c(SOOO)cc3cc(Nc4nc(N)nc(N)n4)ccc3c2O)c(OC)cc1N=Nc1ccc2c(S(=O)(=O)O)cccc2c1S(=O)(=O)O. The average molecular weight is 827 g/mol. The van der Waals surface area contributed by atoms with Crippen molar-refractivity contribution in [2.45, 2.75) is 14.7 Å². The van der Waals surface area contributed by atoms with Gasteiger partial charge in [0, 0.05) is 34.0 Å². The number of rotatable bonds is 13. The number of phenolic OH excluding ortho intramolecular Hbond substituents is 1. The van der Waals surface area contributed by atoms with Crippen LogP contribution in [0.25, 0.3) is 21.5 Å². The Hall–Kier alpha value is -6.32. The minimum Gasteiger partial charge on any atom is -0.505 e. The number of benzene rings is 5. The number of nitrogen functional groups attached to an aromatic ring is 2. The van der Waals surface area contributed by atoms with E-state index in [-0.39, 0.29) is 73.5 Å². The highest BCUT2D eigenvalue weighted by molar-refractivity contribution is 7.94. The standard InChI is InChI=1S/C31H26N10O12S3/c1-50-22-13-21(23(51-2)12-20(22)39-38-19-9-8-17-18(28(19)56(47,48)49)4-3-5-25(17)55(44,45)46)40-41-26-24(54-53-52-43)11-14-10-15(6-7-16(14)27(26)42)34-31-36-29(32)35-30(33)37-31/h3-13,42-43H,1-2H3,(H,44,45,46)(H,47,48,49)(H5,32,33,34,35,36,37). The molecular weight excluding hydrogens is 801 g/mol. The lowest BCUT2D eigenvalue weighted by molar-refractivity contribution is -0.432. The molecule has 0 amide bonds. The highest BCUT2D eigenvalue weighted by atomic mass is 32.2. The van der Waals surface area contributed by atoms with E-state index in [1.54, 1.807) is 24.3 Å². The summed E-state index contributed by atoms with van der Waals surface area (Å²) >= 11 is 0.496. The third kappa shape index (κ3) is 8.33. The second-order valence-electron chi connectivity index (χ2n) is 11.0. The maximum atomic E-state index is 12.5. The van der Waals surface area contributed by atoms with Gasteiger partial charge in [-0.3, -0.25) is 9.11 Å². The number of anilines is 4. The average Bonchev–Trinajstić information content (AvgIpc) is 3.13. The van der Waals surface area contributed by atoms with Crippen LogP contribution in [0.5, 0.6) is 17.2 Å².